The Balaban J connectivity index is 1.71. The molecule has 28 heavy (non-hydrogen) atoms. The van der Waals surface area contributed by atoms with Crippen molar-refractivity contribution in [2.24, 2.45) is 0 Å². The molecule has 1 aliphatic heterocycles. The average molecular weight is 376 g/mol. The summed E-state index contributed by atoms with van der Waals surface area (Å²) in [7, 11) is 0. The molecular weight excluding hydrogens is 352 g/mol. The molecule has 0 radical (unpaired) electrons. The zero-order chi connectivity index (χ0) is 20.1. The predicted octanol–water partition coefficient (Wildman–Crippen LogP) is 3.66. The predicted molar refractivity (Wildman–Crippen MR) is 106 cm³/mol. The van der Waals surface area contributed by atoms with Crippen LogP contribution in [0, 0.1) is 13.8 Å². The molecule has 1 aliphatic carbocycles. The molecule has 1 heterocycles. The molecule has 2 aromatic carbocycles. The van der Waals surface area contributed by atoms with Gasteiger partial charge < -0.3 is 5.32 Å². The van der Waals surface area contributed by atoms with Crippen LogP contribution in [0.2, 0.25) is 0 Å². The zero-order valence-corrected chi connectivity index (χ0v) is 16.4. The van der Waals surface area contributed by atoms with Crippen LogP contribution in [-0.4, -0.2) is 28.7 Å². The van der Waals surface area contributed by atoms with Crippen molar-refractivity contribution in [1.82, 2.24) is 10.2 Å². The van der Waals surface area contributed by atoms with Crippen LogP contribution in [0.25, 0.3) is 0 Å². The molecule has 4 rings (SSSR count). The van der Waals surface area contributed by atoms with Crippen LogP contribution in [-0.2, 0) is 16.8 Å². The van der Waals surface area contributed by atoms with E-state index in [0.717, 1.165) is 40.0 Å². The van der Waals surface area contributed by atoms with E-state index in [2.05, 4.69) is 5.32 Å². The number of Topliss-reactive ketones (excluding diaryl/α,β-unsaturated/α-hetero) is 1. The molecule has 2 atom stereocenters. The molecule has 3 amide bonds. The molecule has 0 saturated carbocycles. The number of ketones is 1. The number of carbonyl (C=O) groups is 3. The lowest BCUT2D eigenvalue weighted by molar-refractivity contribution is -0.133. The Bertz CT molecular complexity index is 997. The van der Waals surface area contributed by atoms with Gasteiger partial charge >= 0.3 is 6.03 Å². The molecule has 1 fully saturated rings. The van der Waals surface area contributed by atoms with E-state index in [4.69, 9.17) is 0 Å². The van der Waals surface area contributed by atoms with Crippen molar-refractivity contribution in [2.45, 2.75) is 51.6 Å². The molecule has 5 heteroatoms. The van der Waals surface area contributed by atoms with Gasteiger partial charge in [0.25, 0.3) is 5.91 Å². The number of urea groups is 1. The summed E-state index contributed by atoms with van der Waals surface area (Å²) >= 11 is 0. The van der Waals surface area contributed by atoms with Crippen LogP contribution in [0.4, 0.5) is 4.79 Å². The smallest absolute Gasteiger partial charge is 0.319 e. The van der Waals surface area contributed by atoms with Gasteiger partial charge in [-0.25, -0.2) is 4.79 Å². The van der Waals surface area contributed by atoms with Crippen molar-refractivity contribution < 1.29 is 14.4 Å². The Morgan fingerprint density at radius 3 is 2.68 bits per heavy atom. The number of benzene rings is 2. The minimum absolute atomic E-state index is 0.217. The molecule has 0 aromatic heterocycles. The van der Waals surface area contributed by atoms with E-state index in [1.54, 1.807) is 6.92 Å². The first-order valence-electron chi connectivity index (χ1n) is 9.71. The van der Waals surface area contributed by atoms with Crippen molar-refractivity contribution in [2.75, 3.05) is 0 Å². The van der Waals surface area contributed by atoms with E-state index in [9.17, 15) is 14.4 Å². The van der Waals surface area contributed by atoms with Gasteiger partial charge in [0.15, 0.2) is 5.78 Å². The van der Waals surface area contributed by atoms with E-state index in [-0.39, 0.29) is 11.7 Å². The fraction of sp³-hybridized carbons (Fsp3) is 0.348. The molecule has 1 spiro atoms. The van der Waals surface area contributed by atoms with E-state index in [0.29, 0.717) is 12.0 Å². The molecule has 1 N–H and O–H groups in total. The van der Waals surface area contributed by atoms with Crippen molar-refractivity contribution in [3.63, 3.8) is 0 Å². The second-order valence-electron chi connectivity index (χ2n) is 7.88. The summed E-state index contributed by atoms with van der Waals surface area (Å²) in [6.45, 7) is 5.42. The minimum Gasteiger partial charge on any atom is -0.319 e. The third kappa shape index (κ3) is 2.65. The number of rotatable bonds is 3. The molecule has 0 bridgehead atoms. The highest BCUT2D eigenvalue weighted by atomic mass is 16.2. The molecule has 2 aliphatic rings. The normalized spacial score (nSPS) is 22.2. The van der Waals surface area contributed by atoms with Crippen LogP contribution < -0.4 is 5.32 Å². The van der Waals surface area contributed by atoms with Crippen LogP contribution in [0.15, 0.2) is 42.5 Å². The maximum atomic E-state index is 13.5. The van der Waals surface area contributed by atoms with E-state index < -0.39 is 17.6 Å². The van der Waals surface area contributed by atoms with Gasteiger partial charge in [0.1, 0.15) is 11.6 Å². The molecule has 0 unspecified atom stereocenters. The van der Waals surface area contributed by atoms with Crippen LogP contribution in [0.5, 0.6) is 0 Å². The number of imide groups is 1. The zero-order valence-electron chi connectivity index (χ0n) is 16.4. The summed E-state index contributed by atoms with van der Waals surface area (Å²) in [5, 5.41) is 2.92. The summed E-state index contributed by atoms with van der Waals surface area (Å²) in [5.41, 5.74) is 3.25. The van der Waals surface area contributed by atoms with E-state index in [1.165, 1.54) is 0 Å². The quantitative estimate of drug-likeness (QED) is 0.657. The molecule has 1 saturated heterocycles. The lowest BCUT2D eigenvalue weighted by Crippen LogP contribution is -2.48. The summed E-state index contributed by atoms with van der Waals surface area (Å²) in [4.78, 5) is 40.6. The SMILES string of the molecule is Cc1ccc(C)c(C(=O)[C@H](C)N2C(=O)N[C@]3(CCCc4ccccc43)C2=O)c1. The average Bonchev–Trinajstić information content (AvgIpc) is 2.93. The lowest BCUT2D eigenvalue weighted by Gasteiger charge is -2.33. The highest BCUT2D eigenvalue weighted by Gasteiger charge is 2.55. The van der Waals surface area contributed by atoms with Crippen LogP contribution in [0.3, 0.4) is 0 Å². The third-order valence-corrected chi connectivity index (χ3v) is 6.02. The van der Waals surface area contributed by atoms with Crippen LogP contribution in [0.1, 0.15) is 52.4 Å². The van der Waals surface area contributed by atoms with Gasteiger partial charge in [-0.1, -0.05) is 42.0 Å². The molecule has 144 valence electrons. The Labute approximate surface area is 164 Å². The first-order chi connectivity index (χ1) is 13.3. The molecular formula is C23H24N2O3. The van der Waals surface area contributed by atoms with Gasteiger partial charge in [0.2, 0.25) is 0 Å². The Hall–Kier alpha value is -2.95. The second kappa shape index (κ2) is 6.59. The lowest BCUT2D eigenvalue weighted by atomic mass is 9.76. The summed E-state index contributed by atoms with van der Waals surface area (Å²) < 4.78 is 0. The Morgan fingerprint density at radius 2 is 1.89 bits per heavy atom. The van der Waals surface area contributed by atoms with Gasteiger partial charge in [-0.15, -0.1) is 0 Å². The first kappa shape index (κ1) is 18.4. The number of fused-ring (bicyclic) bond motifs is 2. The highest BCUT2D eigenvalue weighted by molar-refractivity contribution is 6.13. The molecule has 2 aromatic rings. The topological polar surface area (TPSA) is 66.5 Å². The summed E-state index contributed by atoms with van der Waals surface area (Å²) in [6.07, 6.45) is 2.25. The molecule has 5 nitrogen and oxygen atoms in total. The van der Waals surface area contributed by atoms with Crippen molar-refractivity contribution in [3.05, 3.63) is 70.3 Å². The van der Waals surface area contributed by atoms with Gasteiger partial charge in [-0.2, -0.15) is 0 Å². The fourth-order valence-corrected chi connectivity index (χ4v) is 4.47. The van der Waals surface area contributed by atoms with Crippen LogP contribution >= 0.6 is 0 Å². The number of hydrogen-bond donors (Lipinski definition) is 1. The van der Waals surface area contributed by atoms with E-state index >= 15 is 0 Å². The Kier molecular flexibility index (Phi) is 4.33. The fourth-order valence-electron chi connectivity index (χ4n) is 4.47. The Morgan fingerprint density at radius 1 is 1.14 bits per heavy atom. The highest BCUT2D eigenvalue weighted by Crippen LogP contribution is 2.40. The summed E-state index contributed by atoms with van der Waals surface area (Å²) in [6, 6.07) is 12.0. The minimum atomic E-state index is -1.05. The van der Waals surface area contributed by atoms with E-state index in [1.807, 2.05) is 56.3 Å². The van der Waals surface area contributed by atoms with Crippen molar-refractivity contribution >= 4 is 17.7 Å². The van der Waals surface area contributed by atoms with Gasteiger partial charge in [0, 0.05) is 5.56 Å². The number of hydrogen-bond acceptors (Lipinski definition) is 3. The number of nitrogens with zero attached hydrogens (tertiary/aromatic N) is 1. The van der Waals surface area contributed by atoms with Gasteiger partial charge in [-0.05, 0) is 62.8 Å². The number of aryl methyl sites for hydroxylation is 3. The summed E-state index contributed by atoms with van der Waals surface area (Å²) in [5.74, 6) is -0.540. The third-order valence-electron chi connectivity index (χ3n) is 6.02. The van der Waals surface area contributed by atoms with Gasteiger partial charge in [-0.3, -0.25) is 14.5 Å². The van der Waals surface area contributed by atoms with Gasteiger partial charge in [0.05, 0.1) is 0 Å². The second-order valence-corrected chi connectivity index (χ2v) is 7.88. The van der Waals surface area contributed by atoms with Crippen molar-refractivity contribution in [1.29, 1.82) is 0 Å². The maximum Gasteiger partial charge on any atom is 0.325 e. The monoisotopic (exact) mass is 376 g/mol. The number of nitrogens with one attached hydrogen (secondary N) is 1. The largest absolute Gasteiger partial charge is 0.325 e. The number of carbonyl (C=O) groups excluding carboxylic acids is 3. The maximum absolute atomic E-state index is 13.5. The first-order valence-corrected chi connectivity index (χ1v) is 9.71. The number of amides is 3. The standard InChI is InChI=1S/C23H24N2O3/c1-14-10-11-15(2)18(13-14)20(26)16(3)25-21(27)23(24-22(25)28)12-6-8-17-7-4-5-9-19(17)23/h4-5,7,9-11,13,16H,6,8,12H2,1-3H3,(H,24,28)/t16-,23-/m0/s1. The van der Waals surface area contributed by atoms with Crippen molar-refractivity contribution in [3.8, 4) is 0 Å².